The number of benzene rings is 3. The van der Waals surface area contributed by atoms with Crippen molar-refractivity contribution in [1.82, 2.24) is 0 Å². The van der Waals surface area contributed by atoms with Crippen molar-refractivity contribution in [3.8, 4) is 0 Å². The molecular weight excluding hydrogens is 442 g/mol. The summed E-state index contributed by atoms with van der Waals surface area (Å²) < 4.78 is 6.31. The van der Waals surface area contributed by atoms with Gasteiger partial charge < -0.3 is 4.74 Å². The first-order valence-corrected chi connectivity index (χ1v) is 11.6. The van der Waals surface area contributed by atoms with E-state index >= 15 is 0 Å². The molecule has 3 atom stereocenters. The molecule has 1 aliphatic carbocycles. The van der Waals surface area contributed by atoms with E-state index in [4.69, 9.17) is 4.74 Å². The van der Waals surface area contributed by atoms with Crippen molar-refractivity contribution in [3.63, 3.8) is 0 Å². The van der Waals surface area contributed by atoms with Crippen molar-refractivity contribution < 1.29 is 23.9 Å². The number of carbonyl (C=O) groups excluding carboxylic acids is 4. The summed E-state index contributed by atoms with van der Waals surface area (Å²) >= 11 is 0. The van der Waals surface area contributed by atoms with Gasteiger partial charge in [-0.15, -0.1) is 0 Å². The van der Waals surface area contributed by atoms with Gasteiger partial charge in [0, 0.05) is 11.1 Å². The molecule has 3 aliphatic rings. The Labute approximate surface area is 202 Å². The van der Waals surface area contributed by atoms with Gasteiger partial charge >= 0.3 is 0 Å². The topological polar surface area (TPSA) is 80.8 Å². The predicted octanol–water partition coefficient (Wildman–Crippen LogP) is 4.31. The van der Waals surface area contributed by atoms with Crippen LogP contribution in [0.1, 0.15) is 49.1 Å². The largest absolute Gasteiger partial charge is 0.349 e. The van der Waals surface area contributed by atoms with Gasteiger partial charge in [-0.1, -0.05) is 60.2 Å². The number of aryl methyl sites for hydroxylation is 3. The van der Waals surface area contributed by atoms with Crippen molar-refractivity contribution in [2.24, 2.45) is 11.8 Å². The Bertz CT molecular complexity index is 1420. The second-order valence-corrected chi connectivity index (χ2v) is 9.67. The lowest BCUT2D eigenvalue weighted by molar-refractivity contribution is -0.127. The summed E-state index contributed by atoms with van der Waals surface area (Å²) in [4.78, 5) is 56.5. The van der Waals surface area contributed by atoms with Crippen LogP contribution in [0.4, 0.5) is 5.69 Å². The van der Waals surface area contributed by atoms with Crippen molar-refractivity contribution in [1.29, 1.82) is 0 Å². The maximum absolute atomic E-state index is 13.9. The van der Waals surface area contributed by atoms with Crippen LogP contribution in [-0.4, -0.2) is 29.0 Å². The number of hydrogen-bond donors (Lipinski definition) is 0. The minimum absolute atomic E-state index is 0.227. The highest BCUT2D eigenvalue weighted by Gasteiger charge is 2.74. The number of carbonyl (C=O) groups is 4. The molecule has 2 fully saturated rings. The van der Waals surface area contributed by atoms with Gasteiger partial charge in [0.05, 0.1) is 23.6 Å². The van der Waals surface area contributed by atoms with Crippen LogP contribution < -0.4 is 4.90 Å². The van der Waals surface area contributed by atoms with E-state index in [1.807, 2.05) is 51.1 Å². The highest BCUT2D eigenvalue weighted by molar-refractivity contribution is 6.37. The number of Topliss-reactive ketones (excluding diaryl/α,β-unsaturated/α-hetero) is 2. The first-order chi connectivity index (χ1) is 16.8. The lowest BCUT2D eigenvalue weighted by Crippen LogP contribution is -2.51. The van der Waals surface area contributed by atoms with Gasteiger partial charge in [0.25, 0.3) is 0 Å². The Kier molecular flexibility index (Phi) is 4.51. The average Bonchev–Trinajstić information content (AvgIpc) is 3.41. The van der Waals surface area contributed by atoms with Gasteiger partial charge in [-0.25, -0.2) is 4.90 Å². The molecule has 0 radical (unpaired) electrons. The van der Waals surface area contributed by atoms with Crippen LogP contribution in [0.15, 0.2) is 66.7 Å². The molecule has 0 N–H and O–H groups in total. The zero-order valence-electron chi connectivity index (χ0n) is 19.6. The number of ketones is 2. The Morgan fingerprint density at radius 2 is 1.37 bits per heavy atom. The molecule has 2 amide bonds. The molecule has 6 rings (SSSR count). The number of fused-ring (bicyclic) bond motifs is 3. The fraction of sp³-hybridized carbons (Fsp3) is 0.241. The molecule has 6 heteroatoms. The minimum Gasteiger partial charge on any atom is -0.349 e. The molecule has 3 aromatic rings. The third kappa shape index (κ3) is 2.74. The molecule has 1 spiro atoms. The van der Waals surface area contributed by atoms with E-state index in [2.05, 4.69) is 0 Å². The zero-order valence-corrected chi connectivity index (χ0v) is 19.6. The van der Waals surface area contributed by atoms with E-state index in [9.17, 15) is 19.2 Å². The lowest BCUT2D eigenvalue weighted by Gasteiger charge is -2.27. The summed E-state index contributed by atoms with van der Waals surface area (Å²) in [5.74, 6) is -4.37. The number of imide groups is 1. The SMILES string of the molecule is Cc1ccc([C@@H]2OC3(C(=O)c4ccccc4C3=O)[C@@H]3C(=O)N(c4ccc(C)c(C)c4)C(=O)[C@H]32)cc1. The molecule has 174 valence electrons. The van der Waals surface area contributed by atoms with Crippen LogP contribution in [-0.2, 0) is 14.3 Å². The second-order valence-electron chi connectivity index (χ2n) is 9.67. The zero-order chi connectivity index (χ0) is 24.6. The van der Waals surface area contributed by atoms with Gasteiger partial charge in [0.15, 0.2) is 0 Å². The van der Waals surface area contributed by atoms with Gasteiger partial charge in [-0.05, 0) is 49.6 Å². The molecule has 0 saturated carbocycles. The summed E-state index contributed by atoms with van der Waals surface area (Å²) in [7, 11) is 0. The van der Waals surface area contributed by atoms with Gasteiger partial charge in [-0.3, -0.25) is 19.2 Å². The number of rotatable bonds is 2. The maximum Gasteiger partial charge on any atom is 0.241 e. The van der Waals surface area contributed by atoms with Gasteiger partial charge in [-0.2, -0.15) is 0 Å². The molecule has 6 nitrogen and oxygen atoms in total. The maximum atomic E-state index is 13.9. The lowest BCUT2D eigenvalue weighted by atomic mass is 9.77. The number of nitrogens with zero attached hydrogens (tertiary/aromatic N) is 1. The minimum atomic E-state index is -2.05. The standard InChI is InChI=1S/C29H23NO5/c1-15-8-11-18(12-9-15)24-22-23(28(34)30(27(22)33)19-13-10-16(2)17(3)14-19)29(35-24)25(31)20-6-4-5-7-21(20)26(29)32/h4-14,22-24H,1-3H3/t22-,23+,24+/m1/s1. The van der Waals surface area contributed by atoms with E-state index in [1.165, 1.54) is 0 Å². The van der Waals surface area contributed by atoms with Gasteiger partial charge in [0.1, 0.15) is 0 Å². The van der Waals surface area contributed by atoms with Crippen LogP contribution in [0.2, 0.25) is 0 Å². The first-order valence-electron chi connectivity index (χ1n) is 11.6. The third-order valence-electron chi connectivity index (χ3n) is 7.67. The molecular formula is C29H23NO5. The smallest absolute Gasteiger partial charge is 0.241 e. The van der Waals surface area contributed by atoms with Crippen LogP contribution in [0.5, 0.6) is 0 Å². The van der Waals surface area contributed by atoms with Crippen molar-refractivity contribution in [2.75, 3.05) is 4.90 Å². The number of anilines is 1. The fourth-order valence-electron chi connectivity index (χ4n) is 5.69. The molecule has 0 aromatic heterocycles. The summed E-state index contributed by atoms with van der Waals surface area (Å²) in [6.45, 7) is 5.80. The Morgan fingerprint density at radius 3 is 1.97 bits per heavy atom. The molecule has 2 heterocycles. The Morgan fingerprint density at radius 1 is 0.743 bits per heavy atom. The molecule has 0 bridgehead atoms. The highest BCUT2D eigenvalue weighted by atomic mass is 16.5. The average molecular weight is 466 g/mol. The third-order valence-corrected chi connectivity index (χ3v) is 7.67. The van der Waals surface area contributed by atoms with Crippen LogP contribution in [0.25, 0.3) is 0 Å². The van der Waals surface area contributed by atoms with E-state index < -0.39 is 46.9 Å². The second kappa shape index (κ2) is 7.30. The molecule has 2 aliphatic heterocycles. The summed E-state index contributed by atoms with van der Waals surface area (Å²) in [5, 5.41) is 0. The summed E-state index contributed by atoms with van der Waals surface area (Å²) in [6, 6.07) is 19.3. The normalized spacial score (nSPS) is 24.4. The number of amides is 2. The van der Waals surface area contributed by atoms with E-state index in [0.29, 0.717) is 11.3 Å². The predicted molar refractivity (Wildman–Crippen MR) is 128 cm³/mol. The van der Waals surface area contributed by atoms with Crippen LogP contribution in [0, 0.1) is 32.6 Å². The highest BCUT2D eigenvalue weighted by Crippen LogP contribution is 2.57. The summed E-state index contributed by atoms with van der Waals surface area (Å²) in [5.41, 5.74) is 2.47. The van der Waals surface area contributed by atoms with Crippen molar-refractivity contribution >= 4 is 29.1 Å². The van der Waals surface area contributed by atoms with Crippen LogP contribution in [0.3, 0.4) is 0 Å². The Hall–Kier alpha value is -3.90. The summed E-state index contributed by atoms with van der Waals surface area (Å²) in [6.07, 6.45) is -0.907. The van der Waals surface area contributed by atoms with E-state index in [-0.39, 0.29) is 11.1 Å². The quantitative estimate of drug-likeness (QED) is 0.416. The number of ether oxygens (including phenoxy) is 1. The number of hydrogen-bond acceptors (Lipinski definition) is 5. The van der Waals surface area contributed by atoms with Crippen LogP contribution >= 0.6 is 0 Å². The molecule has 35 heavy (non-hydrogen) atoms. The fourth-order valence-corrected chi connectivity index (χ4v) is 5.69. The van der Waals surface area contributed by atoms with Gasteiger partial charge in [0.2, 0.25) is 29.0 Å². The van der Waals surface area contributed by atoms with E-state index in [0.717, 1.165) is 21.6 Å². The molecule has 3 aromatic carbocycles. The van der Waals surface area contributed by atoms with Crippen molar-refractivity contribution in [3.05, 3.63) is 100 Å². The molecule has 0 unspecified atom stereocenters. The first kappa shape index (κ1) is 21.6. The molecule has 2 saturated heterocycles. The van der Waals surface area contributed by atoms with Crippen molar-refractivity contribution in [2.45, 2.75) is 32.5 Å². The Balaban J connectivity index is 1.54. The van der Waals surface area contributed by atoms with E-state index in [1.54, 1.807) is 36.4 Å². The monoisotopic (exact) mass is 465 g/mol.